The second-order valence-electron chi connectivity index (χ2n) is 8.94. The van der Waals surface area contributed by atoms with Crippen molar-refractivity contribution in [2.75, 3.05) is 0 Å². The van der Waals surface area contributed by atoms with Crippen molar-refractivity contribution >= 4 is 17.0 Å². The van der Waals surface area contributed by atoms with Gasteiger partial charge in [0.1, 0.15) is 0 Å². The van der Waals surface area contributed by atoms with E-state index in [-0.39, 0.29) is 28.7 Å². The average molecular weight is 341 g/mol. The van der Waals surface area contributed by atoms with Crippen LogP contribution in [0.25, 0.3) is 11.1 Å². The molecule has 4 rings (SSSR count). The number of hydrogen-bond acceptors (Lipinski definition) is 4. The smallest absolute Gasteiger partial charge is 0.257 e. The molecule has 0 aromatic carbocycles. The zero-order chi connectivity index (χ0) is 18.0. The summed E-state index contributed by atoms with van der Waals surface area (Å²) in [6.07, 6.45) is 5.14. The van der Waals surface area contributed by atoms with Crippen LogP contribution in [0.5, 0.6) is 0 Å². The number of hydrogen-bond donors (Lipinski definition) is 1. The standard InChI is InChI=1S/C20H27N3O2/c1-11(2)16-14-8-12(10-21-18(14)25-23-16)17(24)22-15-9-13-6-7-20(15,5)19(13,3)4/h8,10-11,13,15H,6-7,9H2,1-5H3,(H,22,24)/t13-,15-,20-/m1/s1. The fraction of sp³-hybridized carbons (Fsp3) is 0.650. The van der Waals surface area contributed by atoms with E-state index in [9.17, 15) is 4.79 Å². The Labute approximate surface area is 148 Å². The topological polar surface area (TPSA) is 68.0 Å². The molecule has 2 aromatic rings. The number of amides is 1. The molecule has 0 aliphatic heterocycles. The molecule has 0 unspecified atom stereocenters. The normalized spacial score (nSPS) is 30.3. The third-order valence-corrected chi connectivity index (χ3v) is 7.27. The first kappa shape index (κ1) is 16.6. The van der Waals surface area contributed by atoms with E-state index in [1.54, 1.807) is 6.20 Å². The van der Waals surface area contributed by atoms with Crippen LogP contribution in [0.3, 0.4) is 0 Å². The van der Waals surface area contributed by atoms with Crippen LogP contribution in [0.2, 0.25) is 0 Å². The molecule has 2 saturated carbocycles. The summed E-state index contributed by atoms with van der Waals surface area (Å²) >= 11 is 0. The predicted molar refractivity (Wildman–Crippen MR) is 96.4 cm³/mol. The van der Waals surface area contributed by atoms with Gasteiger partial charge in [0.2, 0.25) is 0 Å². The Bertz CT molecular complexity index is 839. The predicted octanol–water partition coefficient (Wildman–Crippen LogP) is 4.29. The van der Waals surface area contributed by atoms with Gasteiger partial charge in [-0.25, -0.2) is 4.98 Å². The Balaban J connectivity index is 1.60. The van der Waals surface area contributed by atoms with E-state index in [2.05, 4.69) is 50.1 Å². The van der Waals surface area contributed by atoms with Crippen molar-refractivity contribution in [1.82, 2.24) is 15.5 Å². The van der Waals surface area contributed by atoms with E-state index in [0.29, 0.717) is 17.2 Å². The Hall–Kier alpha value is -1.91. The minimum Gasteiger partial charge on any atom is -0.349 e. The SMILES string of the molecule is CC(C)c1noc2ncc(C(=O)N[C@@H]3C[C@H]4CC[C@@]3(C)C4(C)C)cc12. The number of aromatic nitrogens is 2. The molecule has 25 heavy (non-hydrogen) atoms. The number of nitrogens with zero attached hydrogens (tertiary/aromatic N) is 2. The molecule has 2 fully saturated rings. The lowest BCUT2D eigenvalue weighted by molar-refractivity contribution is 0.0826. The first-order valence-corrected chi connectivity index (χ1v) is 9.30. The van der Waals surface area contributed by atoms with Gasteiger partial charge >= 0.3 is 0 Å². The van der Waals surface area contributed by atoms with E-state index in [1.165, 1.54) is 12.8 Å². The van der Waals surface area contributed by atoms with Gasteiger partial charge in [-0.05, 0) is 48.0 Å². The van der Waals surface area contributed by atoms with Crippen LogP contribution in [0.15, 0.2) is 16.8 Å². The summed E-state index contributed by atoms with van der Waals surface area (Å²) in [4.78, 5) is 17.2. The number of carbonyl (C=O) groups excluding carboxylic acids is 1. The van der Waals surface area contributed by atoms with Crippen molar-refractivity contribution in [3.05, 3.63) is 23.5 Å². The second-order valence-corrected chi connectivity index (χ2v) is 8.94. The summed E-state index contributed by atoms with van der Waals surface area (Å²) < 4.78 is 5.27. The molecular weight excluding hydrogens is 314 g/mol. The van der Waals surface area contributed by atoms with Crippen molar-refractivity contribution in [2.45, 2.75) is 65.8 Å². The average Bonchev–Trinajstić information content (AvgIpc) is 3.13. The second kappa shape index (κ2) is 5.29. The fourth-order valence-corrected chi connectivity index (χ4v) is 5.05. The zero-order valence-electron chi connectivity index (χ0n) is 15.7. The molecule has 1 amide bonds. The number of carbonyl (C=O) groups is 1. The summed E-state index contributed by atoms with van der Waals surface area (Å²) in [5.74, 6) is 0.889. The molecule has 2 aliphatic rings. The van der Waals surface area contributed by atoms with Gasteiger partial charge in [-0.1, -0.05) is 39.8 Å². The summed E-state index contributed by atoms with van der Waals surface area (Å²) in [6.45, 7) is 11.2. The maximum absolute atomic E-state index is 12.9. The molecule has 2 bridgehead atoms. The third kappa shape index (κ3) is 2.24. The molecule has 2 aromatic heterocycles. The highest BCUT2D eigenvalue weighted by Gasteiger charge is 2.61. The monoisotopic (exact) mass is 341 g/mol. The fourth-order valence-electron chi connectivity index (χ4n) is 5.05. The van der Waals surface area contributed by atoms with Crippen LogP contribution in [-0.2, 0) is 0 Å². The molecule has 134 valence electrons. The number of rotatable bonds is 3. The van der Waals surface area contributed by atoms with Gasteiger partial charge in [-0.2, -0.15) is 0 Å². The molecule has 0 saturated heterocycles. The summed E-state index contributed by atoms with van der Waals surface area (Å²) in [7, 11) is 0. The van der Waals surface area contributed by atoms with Crippen LogP contribution in [-0.4, -0.2) is 22.1 Å². The number of fused-ring (bicyclic) bond motifs is 3. The molecule has 3 atom stereocenters. The Kier molecular flexibility index (Phi) is 3.50. The van der Waals surface area contributed by atoms with Crippen LogP contribution in [0.1, 0.15) is 75.9 Å². The molecule has 5 nitrogen and oxygen atoms in total. The lowest BCUT2D eigenvalue weighted by Gasteiger charge is -2.39. The first-order valence-electron chi connectivity index (χ1n) is 9.30. The van der Waals surface area contributed by atoms with E-state index in [0.717, 1.165) is 17.5 Å². The Morgan fingerprint density at radius 2 is 2.12 bits per heavy atom. The maximum Gasteiger partial charge on any atom is 0.257 e. The van der Waals surface area contributed by atoms with E-state index < -0.39 is 0 Å². The first-order chi connectivity index (χ1) is 11.7. The number of pyridine rings is 1. The third-order valence-electron chi connectivity index (χ3n) is 7.27. The van der Waals surface area contributed by atoms with Crippen molar-refractivity contribution in [3.8, 4) is 0 Å². The van der Waals surface area contributed by atoms with Gasteiger partial charge in [0.25, 0.3) is 11.6 Å². The largest absolute Gasteiger partial charge is 0.349 e. The molecule has 0 spiro atoms. The zero-order valence-corrected chi connectivity index (χ0v) is 15.7. The highest BCUT2D eigenvalue weighted by Crippen LogP contribution is 2.65. The van der Waals surface area contributed by atoms with Crippen molar-refractivity contribution in [3.63, 3.8) is 0 Å². The minimum atomic E-state index is -0.0418. The summed E-state index contributed by atoms with van der Waals surface area (Å²) in [6, 6.07) is 2.10. The van der Waals surface area contributed by atoms with Crippen molar-refractivity contribution in [1.29, 1.82) is 0 Å². The Morgan fingerprint density at radius 3 is 2.72 bits per heavy atom. The van der Waals surface area contributed by atoms with Gasteiger partial charge in [-0.15, -0.1) is 0 Å². The molecule has 2 aliphatic carbocycles. The maximum atomic E-state index is 12.9. The van der Waals surface area contributed by atoms with Gasteiger partial charge in [0.15, 0.2) is 0 Å². The van der Waals surface area contributed by atoms with Crippen LogP contribution in [0, 0.1) is 16.7 Å². The molecule has 0 radical (unpaired) electrons. The van der Waals surface area contributed by atoms with E-state index in [1.807, 2.05) is 6.07 Å². The van der Waals surface area contributed by atoms with Gasteiger partial charge in [0, 0.05) is 12.2 Å². The lowest BCUT2D eigenvalue weighted by atomic mass is 9.69. The molecular formula is C20H27N3O2. The highest BCUT2D eigenvalue weighted by atomic mass is 16.5. The van der Waals surface area contributed by atoms with Crippen LogP contribution < -0.4 is 5.32 Å². The van der Waals surface area contributed by atoms with E-state index >= 15 is 0 Å². The van der Waals surface area contributed by atoms with E-state index in [4.69, 9.17) is 4.52 Å². The van der Waals surface area contributed by atoms with Gasteiger partial charge < -0.3 is 9.84 Å². The van der Waals surface area contributed by atoms with Crippen molar-refractivity contribution < 1.29 is 9.32 Å². The lowest BCUT2D eigenvalue weighted by Crippen LogP contribution is -2.46. The van der Waals surface area contributed by atoms with Crippen LogP contribution >= 0.6 is 0 Å². The summed E-state index contributed by atoms with van der Waals surface area (Å²) in [5.41, 5.74) is 2.39. The minimum absolute atomic E-state index is 0.0418. The summed E-state index contributed by atoms with van der Waals surface area (Å²) in [5, 5.41) is 8.22. The molecule has 2 heterocycles. The van der Waals surface area contributed by atoms with Gasteiger partial charge in [0.05, 0.1) is 16.6 Å². The van der Waals surface area contributed by atoms with Crippen LogP contribution in [0.4, 0.5) is 0 Å². The highest BCUT2D eigenvalue weighted by molar-refractivity contribution is 5.97. The van der Waals surface area contributed by atoms with Crippen molar-refractivity contribution in [2.24, 2.45) is 16.7 Å². The van der Waals surface area contributed by atoms with Gasteiger partial charge in [-0.3, -0.25) is 4.79 Å². The molecule has 5 heteroatoms. The molecule has 1 N–H and O–H groups in total. The Morgan fingerprint density at radius 1 is 1.36 bits per heavy atom. The number of nitrogens with one attached hydrogen (secondary N) is 1. The quantitative estimate of drug-likeness (QED) is 0.904.